The van der Waals surface area contributed by atoms with E-state index in [2.05, 4.69) is 4.90 Å². The van der Waals surface area contributed by atoms with Crippen LogP contribution in [0.2, 0.25) is 0 Å². The lowest BCUT2D eigenvalue weighted by Crippen LogP contribution is -2.42. The Morgan fingerprint density at radius 3 is 2.56 bits per heavy atom. The number of ether oxygens (including phenoxy) is 1. The molecular weight excluding hydrogens is 409 g/mol. The quantitative estimate of drug-likeness (QED) is 0.717. The molecule has 7 heteroatoms. The third-order valence-electron chi connectivity index (χ3n) is 6.38. The van der Waals surface area contributed by atoms with E-state index in [1.54, 1.807) is 24.1 Å². The molecule has 0 spiro atoms. The molecule has 2 saturated heterocycles. The van der Waals surface area contributed by atoms with Crippen LogP contribution in [0.1, 0.15) is 41.2 Å². The van der Waals surface area contributed by atoms with Crippen LogP contribution in [0.25, 0.3) is 0 Å². The molecule has 2 fully saturated rings. The van der Waals surface area contributed by atoms with Crippen LogP contribution in [0, 0.1) is 5.82 Å². The van der Waals surface area contributed by atoms with Crippen LogP contribution in [-0.2, 0) is 4.79 Å². The maximum absolute atomic E-state index is 13.5. The van der Waals surface area contributed by atoms with E-state index in [0.717, 1.165) is 43.7 Å². The highest BCUT2D eigenvalue weighted by molar-refractivity contribution is 5.94. The maximum atomic E-state index is 13.5. The number of hydrogen-bond acceptors (Lipinski definition) is 4. The molecule has 0 aliphatic carbocycles. The summed E-state index contributed by atoms with van der Waals surface area (Å²) in [5.41, 5.74) is 1.51. The SMILES string of the molecule is COc1ccc(C2CCCN2C(=O)CN2CCCN(C(=O)c3cccc(F)c3)CC2)cc1. The summed E-state index contributed by atoms with van der Waals surface area (Å²) in [4.78, 5) is 31.8. The number of amides is 2. The van der Waals surface area contributed by atoms with E-state index in [-0.39, 0.29) is 17.9 Å². The summed E-state index contributed by atoms with van der Waals surface area (Å²) in [6, 6.07) is 13.9. The normalized spacial score (nSPS) is 19.6. The van der Waals surface area contributed by atoms with Gasteiger partial charge in [-0.1, -0.05) is 18.2 Å². The van der Waals surface area contributed by atoms with Gasteiger partial charge in [-0.25, -0.2) is 4.39 Å². The van der Waals surface area contributed by atoms with Gasteiger partial charge in [-0.3, -0.25) is 14.5 Å². The number of methoxy groups -OCH3 is 1. The summed E-state index contributed by atoms with van der Waals surface area (Å²) in [5.74, 6) is 0.381. The van der Waals surface area contributed by atoms with Gasteiger partial charge in [0.15, 0.2) is 0 Å². The smallest absolute Gasteiger partial charge is 0.254 e. The minimum Gasteiger partial charge on any atom is -0.497 e. The highest BCUT2D eigenvalue weighted by atomic mass is 19.1. The van der Waals surface area contributed by atoms with Crippen molar-refractivity contribution in [3.63, 3.8) is 0 Å². The number of carbonyl (C=O) groups is 2. The Labute approximate surface area is 188 Å². The van der Waals surface area contributed by atoms with Gasteiger partial charge in [0.25, 0.3) is 5.91 Å². The standard InChI is InChI=1S/C25H30FN3O3/c1-32-22-10-8-19(9-11-22)23-7-3-14-29(23)24(30)18-27-12-4-13-28(16-15-27)25(31)20-5-2-6-21(26)17-20/h2,5-6,8-11,17,23H,3-4,7,12-16,18H2,1H3. The van der Waals surface area contributed by atoms with E-state index >= 15 is 0 Å². The molecule has 2 aliphatic heterocycles. The van der Waals surface area contributed by atoms with Gasteiger partial charge in [0.2, 0.25) is 5.91 Å². The van der Waals surface area contributed by atoms with Gasteiger partial charge in [0.05, 0.1) is 19.7 Å². The lowest BCUT2D eigenvalue weighted by atomic mass is 10.0. The molecule has 6 nitrogen and oxygen atoms in total. The molecular formula is C25H30FN3O3. The molecule has 2 heterocycles. The van der Waals surface area contributed by atoms with Crippen LogP contribution in [-0.4, -0.2) is 72.9 Å². The zero-order chi connectivity index (χ0) is 22.5. The number of nitrogens with zero attached hydrogens (tertiary/aromatic N) is 3. The summed E-state index contributed by atoms with van der Waals surface area (Å²) in [7, 11) is 1.65. The maximum Gasteiger partial charge on any atom is 0.254 e. The molecule has 32 heavy (non-hydrogen) atoms. The van der Waals surface area contributed by atoms with Crippen LogP contribution >= 0.6 is 0 Å². The van der Waals surface area contributed by atoms with Gasteiger partial charge in [-0.05, 0) is 55.2 Å². The number of likely N-dealkylation sites (tertiary alicyclic amines) is 1. The lowest BCUT2D eigenvalue weighted by molar-refractivity contribution is -0.133. The summed E-state index contributed by atoms with van der Waals surface area (Å²) in [6.45, 7) is 3.67. The van der Waals surface area contributed by atoms with Crippen LogP contribution in [0.4, 0.5) is 4.39 Å². The van der Waals surface area contributed by atoms with Crippen molar-refractivity contribution in [3.05, 3.63) is 65.5 Å². The van der Waals surface area contributed by atoms with Gasteiger partial charge in [0, 0.05) is 38.3 Å². The van der Waals surface area contributed by atoms with Crippen molar-refractivity contribution in [1.82, 2.24) is 14.7 Å². The molecule has 2 amide bonds. The number of hydrogen-bond donors (Lipinski definition) is 0. The fourth-order valence-corrected chi connectivity index (χ4v) is 4.66. The molecule has 2 aliphatic rings. The fraction of sp³-hybridized carbons (Fsp3) is 0.440. The topological polar surface area (TPSA) is 53.1 Å². The monoisotopic (exact) mass is 439 g/mol. The molecule has 0 radical (unpaired) electrons. The van der Waals surface area contributed by atoms with Crippen molar-refractivity contribution in [3.8, 4) is 5.75 Å². The van der Waals surface area contributed by atoms with Crippen molar-refractivity contribution in [1.29, 1.82) is 0 Å². The van der Waals surface area contributed by atoms with Crippen LogP contribution in [0.15, 0.2) is 48.5 Å². The molecule has 0 aromatic heterocycles. The molecule has 170 valence electrons. The first-order valence-electron chi connectivity index (χ1n) is 11.3. The Morgan fingerprint density at radius 1 is 1.00 bits per heavy atom. The van der Waals surface area contributed by atoms with Gasteiger partial charge in [-0.2, -0.15) is 0 Å². The van der Waals surface area contributed by atoms with E-state index in [4.69, 9.17) is 4.74 Å². The summed E-state index contributed by atoms with van der Waals surface area (Å²) >= 11 is 0. The molecule has 4 rings (SSSR count). The average Bonchev–Trinajstić information content (AvgIpc) is 3.19. The van der Waals surface area contributed by atoms with E-state index < -0.39 is 5.82 Å². The van der Waals surface area contributed by atoms with Crippen molar-refractivity contribution >= 4 is 11.8 Å². The Morgan fingerprint density at radius 2 is 1.81 bits per heavy atom. The Balaban J connectivity index is 1.34. The van der Waals surface area contributed by atoms with Gasteiger partial charge in [-0.15, -0.1) is 0 Å². The second kappa shape index (κ2) is 10.1. The highest BCUT2D eigenvalue weighted by Crippen LogP contribution is 2.33. The summed E-state index contributed by atoms with van der Waals surface area (Å²) in [5, 5.41) is 0. The van der Waals surface area contributed by atoms with E-state index in [1.165, 1.54) is 12.1 Å². The number of carbonyl (C=O) groups excluding carboxylic acids is 2. The van der Waals surface area contributed by atoms with Gasteiger partial charge < -0.3 is 14.5 Å². The van der Waals surface area contributed by atoms with E-state index in [1.807, 2.05) is 29.2 Å². The van der Waals surface area contributed by atoms with Crippen molar-refractivity contribution < 1.29 is 18.7 Å². The minimum absolute atomic E-state index is 0.103. The van der Waals surface area contributed by atoms with Crippen LogP contribution in [0.5, 0.6) is 5.75 Å². The van der Waals surface area contributed by atoms with Gasteiger partial charge in [0.1, 0.15) is 11.6 Å². The molecule has 2 aromatic rings. The second-order valence-corrected chi connectivity index (χ2v) is 8.45. The Bertz CT molecular complexity index is 950. The first kappa shape index (κ1) is 22.3. The predicted molar refractivity (Wildman–Crippen MR) is 120 cm³/mol. The largest absolute Gasteiger partial charge is 0.497 e. The van der Waals surface area contributed by atoms with Crippen LogP contribution in [0.3, 0.4) is 0 Å². The van der Waals surface area contributed by atoms with E-state index in [0.29, 0.717) is 31.7 Å². The minimum atomic E-state index is -0.407. The predicted octanol–water partition coefficient (Wildman–Crippen LogP) is 3.35. The number of benzene rings is 2. The summed E-state index contributed by atoms with van der Waals surface area (Å²) in [6.07, 6.45) is 2.75. The first-order chi connectivity index (χ1) is 15.5. The number of halogens is 1. The highest BCUT2D eigenvalue weighted by Gasteiger charge is 2.31. The lowest BCUT2D eigenvalue weighted by Gasteiger charge is -2.28. The Hall–Kier alpha value is -2.93. The van der Waals surface area contributed by atoms with Crippen molar-refractivity contribution in [2.45, 2.75) is 25.3 Å². The van der Waals surface area contributed by atoms with E-state index in [9.17, 15) is 14.0 Å². The van der Waals surface area contributed by atoms with Crippen molar-refractivity contribution in [2.24, 2.45) is 0 Å². The molecule has 1 unspecified atom stereocenters. The summed E-state index contributed by atoms with van der Waals surface area (Å²) < 4.78 is 18.7. The van der Waals surface area contributed by atoms with Crippen molar-refractivity contribution in [2.75, 3.05) is 46.4 Å². The molecule has 0 N–H and O–H groups in total. The third-order valence-corrected chi connectivity index (χ3v) is 6.38. The Kier molecular flexibility index (Phi) is 7.05. The first-order valence-corrected chi connectivity index (χ1v) is 11.3. The zero-order valence-electron chi connectivity index (χ0n) is 18.5. The molecule has 1 atom stereocenters. The average molecular weight is 440 g/mol. The fourth-order valence-electron chi connectivity index (χ4n) is 4.66. The number of rotatable bonds is 5. The van der Waals surface area contributed by atoms with Gasteiger partial charge >= 0.3 is 0 Å². The molecule has 2 aromatic carbocycles. The molecule has 0 saturated carbocycles. The van der Waals surface area contributed by atoms with Crippen LogP contribution < -0.4 is 4.74 Å². The zero-order valence-corrected chi connectivity index (χ0v) is 18.5. The third kappa shape index (κ3) is 5.10. The molecule has 0 bridgehead atoms. The second-order valence-electron chi connectivity index (χ2n) is 8.45.